The lowest BCUT2D eigenvalue weighted by Gasteiger charge is -2.06. The second kappa shape index (κ2) is 7.67. The summed E-state index contributed by atoms with van der Waals surface area (Å²) in [5.41, 5.74) is 4.76. The molecule has 1 aromatic carbocycles. The van der Waals surface area contributed by atoms with E-state index in [1.807, 2.05) is 22.7 Å². The van der Waals surface area contributed by atoms with Gasteiger partial charge >= 0.3 is 0 Å². The molecule has 0 saturated carbocycles. The molecule has 0 unspecified atom stereocenters. The molecule has 7 nitrogen and oxygen atoms in total. The zero-order valence-electron chi connectivity index (χ0n) is 16.0. The van der Waals surface area contributed by atoms with Gasteiger partial charge in [0.25, 0.3) is 0 Å². The number of hydrogen-bond acceptors (Lipinski definition) is 5. The van der Waals surface area contributed by atoms with Crippen LogP contribution in [0.1, 0.15) is 5.69 Å². The molecule has 0 aliphatic heterocycles. The Morgan fingerprint density at radius 1 is 1.10 bits per heavy atom. The van der Waals surface area contributed by atoms with Crippen LogP contribution in [0.5, 0.6) is 0 Å². The van der Waals surface area contributed by atoms with E-state index in [4.69, 9.17) is 33.4 Å². The van der Waals surface area contributed by atoms with Crippen molar-refractivity contribution in [1.29, 1.82) is 5.26 Å². The summed E-state index contributed by atoms with van der Waals surface area (Å²) < 4.78 is 3.39. The van der Waals surface area contributed by atoms with Crippen LogP contribution in [-0.4, -0.2) is 29.3 Å². The van der Waals surface area contributed by atoms with Gasteiger partial charge in [0.2, 0.25) is 0 Å². The smallest absolute Gasteiger partial charge is 0.147 e. The maximum atomic E-state index is 10.1. The number of pyridine rings is 2. The number of benzene rings is 1. The van der Waals surface area contributed by atoms with Crippen molar-refractivity contribution in [3.63, 3.8) is 0 Å². The van der Waals surface area contributed by atoms with Crippen LogP contribution in [0.25, 0.3) is 38.9 Å². The third-order valence-electron chi connectivity index (χ3n) is 5.10. The molecule has 0 aliphatic carbocycles. The van der Waals surface area contributed by atoms with E-state index in [2.05, 4.69) is 16.2 Å². The first-order chi connectivity index (χ1) is 15.1. The molecule has 4 heterocycles. The average Bonchev–Trinajstić information content (AvgIpc) is 3.38. The van der Waals surface area contributed by atoms with E-state index in [1.165, 1.54) is 0 Å². The second-order valence-corrected chi connectivity index (χ2v) is 7.73. The predicted molar refractivity (Wildman–Crippen MR) is 119 cm³/mol. The lowest BCUT2D eigenvalue weighted by Crippen LogP contribution is -1.95. The van der Waals surface area contributed by atoms with Crippen LogP contribution >= 0.6 is 23.2 Å². The molecule has 0 radical (unpaired) electrons. The second-order valence-electron chi connectivity index (χ2n) is 6.91. The Bertz CT molecular complexity index is 1480. The van der Waals surface area contributed by atoms with Gasteiger partial charge in [0.05, 0.1) is 45.8 Å². The Morgan fingerprint density at radius 3 is 2.65 bits per heavy atom. The van der Waals surface area contributed by atoms with E-state index in [1.54, 1.807) is 41.5 Å². The molecular weight excluding hydrogens is 435 g/mol. The number of aliphatic hydroxyl groups is 1. The minimum atomic E-state index is -0.238. The molecule has 0 amide bonds. The average molecular weight is 449 g/mol. The van der Waals surface area contributed by atoms with Gasteiger partial charge in [-0.2, -0.15) is 10.4 Å². The number of aliphatic hydroxyl groups excluding tert-OH is 1. The SMILES string of the molecule is N#CCn1cc(-c2cnc3ccn4c(CO)c(-c5c(Cl)cccc5Cl)nc4c3c2)cn1. The van der Waals surface area contributed by atoms with Gasteiger partial charge in [0.1, 0.15) is 12.2 Å². The van der Waals surface area contributed by atoms with Crippen LogP contribution in [0.15, 0.2) is 55.1 Å². The van der Waals surface area contributed by atoms with Gasteiger partial charge in [-0.3, -0.25) is 9.67 Å². The molecule has 4 aromatic heterocycles. The molecule has 1 N–H and O–H groups in total. The first kappa shape index (κ1) is 19.5. The minimum Gasteiger partial charge on any atom is -0.390 e. The molecule has 152 valence electrons. The van der Waals surface area contributed by atoms with Gasteiger partial charge in [-0.1, -0.05) is 29.3 Å². The molecule has 0 aliphatic rings. The summed E-state index contributed by atoms with van der Waals surface area (Å²) in [4.78, 5) is 9.37. The molecule has 0 spiro atoms. The van der Waals surface area contributed by atoms with Crippen molar-refractivity contribution in [2.75, 3.05) is 0 Å². The predicted octanol–water partition coefficient (Wildman–Crippen LogP) is 4.74. The van der Waals surface area contributed by atoms with Crippen LogP contribution in [0, 0.1) is 11.3 Å². The minimum absolute atomic E-state index is 0.174. The summed E-state index contributed by atoms with van der Waals surface area (Å²) in [6.45, 7) is -0.0645. The zero-order chi connectivity index (χ0) is 21.5. The molecule has 31 heavy (non-hydrogen) atoms. The number of imidazole rings is 1. The highest BCUT2D eigenvalue weighted by Crippen LogP contribution is 2.37. The van der Waals surface area contributed by atoms with Crippen LogP contribution in [-0.2, 0) is 13.2 Å². The maximum Gasteiger partial charge on any atom is 0.147 e. The third-order valence-corrected chi connectivity index (χ3v) is 5.73. The molecule has 0 bridgehead atoms. The highest BCUT2D eigenvalue weighted by Gasteiger charge is 2.20. The van der Waals surface area contributed by atoms with E-state index in [0.29, 0.717) is 32.6 Å². The van der Waals surface area contributed by atoms with E-state index in [9.17, 15) is 5.11 Å². The fourth-order valence-corrected chi connectivity index (χ4v) is 4.23. The first-order valence-electron chi connectivity index (χ1n) is 9.35. The number of nitrogens with zero attached hydrogens (tertiary/aromatic N) is 6. The number of fused-ring (bicyclic) bond motifs is 3. The molecule has 5 aromatic rings. The Labute approximate surface area is 186 Å². The van der Waals surface area contributed by atoms with Crippen molar-refractivity contribution < 1.29 is 5.11 Å². The lowest BCUT2D eigenvalue weighted by molar-refractivity contribution is 0.276. The topological polar surface area (TPSA) is 92.0 Å². The number of aromatic nitrogens is 5. The Balaban J connectivity index is 1.76. The number of rotatable bonds is 4. The summed E-state index contributed by atoms with van der Waals surface area (Å²) in [5.74, 6) is 0. The van der Waals surface area contributed by atoms with Crippen LogP contribution in [0.3, 0.4) is 0 Å². The van der Waals surface area contributed by atoms with E-state index >= 15 is 0 Å². The number of hydrogen-bond donors (Lipinski definition) is 1. The summed E-state index contributed by atoms with van der Waals surface area (Å²) in [7, 11) is 0. The Morgan fingerprint density at radius 2 is 1.90 bits per heavy atom. The molecule has 0 saturated heterocycles. The summed E-state index contributed by atoms with van der Waals surface area (Å²) >= 11 is 12.8. The molecule has 5 rings (SSSR count). The van der Waals surface area contributed by atoms with Crippen molar-refractivity contribution in [3.05, 3.63) is 70.9 Å². The molecule has 0 fully saturated rings. The maximum absolute atomic E-state index is 10.1. The van der Waals surface area contributed by atoms with Crippen molar-refractivity contribution >= 4 is 39.8 Å². The van der Waals surface area contributed by atoms with Gasteiger partial charge < -0.3 is 9.51 Å². The van der Waals surface area contributed by atoms with Crippen LogP contribution < -0.4 is 0 Å². The summed E-state index contributed by atoms with van der Waals surface area (Å²) in [5, 5.41) is 24.9. The van der Waals surface area contributed by atoms with Crippen molar-refractivity contribution in [1.82, 2.24) is 24.1 Å². The van der Waals surface area contributed by atoms with Gasteiger partial charge in [-0.05, 0) is 24.3 Å². The Kier molecular flexibility index (Phi) is 4.83. The molecule has 9 heteroatoms. The summed E-state index contributed by atoms with van der Waals surface area (Å²) in [6.07, 6.45) is 7.07. The quantitative estimate of drug-likeness (QED) is 0.428. The van der Waals surface area contributed by atoms with Crippen LogP contribution in [0.4, 0.5) is 0 Å². The van der Waals surface area contributed by atoms with E-state index < -0.39 is 0 Å². The highest BCUT2D eigenvalue weighted by atomic mass is 35.5. The normalized spacial score (nSPS) is 11.3. The summed E-state index contributed by atoms with van der Waals surface area (Å²) in [6, 6.07) is 11.1. The third kappa shape index (κ3) is 3.22. The van der Waals surface area contributed by atoms with E-state index in [0.717, 1.165) is 22.0 Å². The largest absolute Gasteiger partial charge is 0.390 e. The number of nitriles is 1. The molecular formula is C22H14Cl2N6O. The fraction of sp³-hybridized carbons (Fsp3) is 0.0909. The van der Waals surface area contributed by atoms with Gasteiger partial charge in [0, 0.05) is 40.7 Å². The highest BCUT2D eigenvalue weighted by molar-refractivity contribution is 6.39. The van der Waals surface area contributed by atoms with Gasteiger partial charge in [-0.25, -0.2) is 4.98 Å². The number of halogens is 2. The molecule has 0 atom stereocenters. The lowest BCUT2D eigenvalue weighted by atomic mass is 10.1. The van der Waals surface area contributed by atoms with Crippen LogP contribution in [0.2, 0.25) is 10.0 Å². The van der Waals surface area contributed by atoms with E-state index in [-0.39, 0.29) is 13.2 Å². The van der Waals surface area contributed by atoms with Crippen molar-refractivity contribution in [3.8, 4) is 28.5 Å². The van der Waals surface area contributed by atoms with Crippen molar-refractivity contribution in [2.45, 2.75) is 13.2 Å². The zero-order valence-corrected chi connectivity index (χ0v) is 17.5. The monoisotopic (exact) mass is 448 g/mol. The fourth-order valence-electron chi connectivity index (χ4n) is 3.65. The van der Waals surface area contributed by atoms with Gasteiger partial charge in [0.15, 0.2) is 0 Å². The van der Waals surface area contributed by atoms with Crippen molar-refractivity contribution in [2.24, 2.45) is 0 Å². The van der Waals surface area contributed by atoms with Gasteiger partial charge in [-0.15, -0.1) is 0 Å². The first-order valence-corrected chi connectivity index (χ1v) is 10.1. The standard InChI is InChI=1S/C22H14Cl2N6O/c23-16-2-1-3-17(24)20(16)21-19(12-31)30-6-4-18-15(22(30)28-21)8-13(9-26-18)14-10-27-29(11-14)7-5-25/h1-4,6,8-11,31H,7,12H2. The Hall–Kier alpha value is -3.44.